The van der Waals surface area contributed by atoms with E-state index in [2.05, 4.69) is 4.98 Å². The van der Waals surface area contributed by atoms with Crippen LogP contribution >= 0.6 is 34.3 Å². The Kier molecular flexibility index (Phi) is 2.93. The molecule has 0 atom stereocenters. The average molecular weight is 312 g/mol. The van der Waals surface area contributed by atoms with Gasteiger partial charge in [0.05, 0.1) is 10.3 Å². The first-order valence-corrected chi connectivity index (χ1v) is 7.22. The van der Waals surface area contributed by atoms with Crippen molar-refractivity contribution in [3.63, 3.8) is 0 Å². The molecule has 19 heavy (non-hydrogen) atoms. The highest BCUT2D eigenvalue weighted by atomic mass is 35.5. The number of aromatic hydroxyl groups is 1. The van der Waals surface area contributed by atoms with Crippen molar-refractivity contribution < 1.29 is 9.90 Å². The molecule has 0 aliphatic heterocycles. The molecule has 0 saturated heterocycles. The highest BCUT2D eigenvalue weighted by Crippen LogP contribution is 2.38. The van der Waals surface area contributed by atoms with Crippen molar-refractivity contribution in [1.82, 2.24) is 4.98 Å². The van der Waals surface area contributed by atoms with Crippen LogP contribution in [0.15, 0.2) is 29.1 Å². The maximum absolute atomic E-state index is 12.4. The molecule has 7 heteroatoms. The van der Waals surface area contributed by atoms with Crippen LogP contribution < -0.4 is 4.87 Å². The van der Waals surface area contributed by atoms with Gasteiger partial charge in [0, 0.05) is 10.6 Å². The number of aromatic nitrogens is 1. The van der Waals surface area contributed by atoms with E-state index in [-0.39, 0.29) is 21.3 Å². The number of hydrogen-bond donors (Lipinski definition) is 2. The van der Waals surface area contributed by atoms with Gasteiger partial charge in [-0.25, -0.2) is 0 Å². The Morgan fingerprint density at radius 1 is 1.21 bits per heavy atom. The Hall–Kier alpha value is -1.63. The summed E-state index contributed by atoms with van der Waals surface area (Å²) in [6.07, 6.45) is 0. The molecule has 1 aromatic carbocycles. The van der Waals surface area contributed by atoms with E-state index in [1.807, 2.05) is 0 Å². The van der Waals surface area contributed by atoms with Gasteiger partial charge < -0.3 is 10.1 Å². The summed E-state index contributed by atoms with van der Waals surface area (Å²) in [4.78, 5) is 26.5. The quantitative estimate of drug-likeness (QED) is 0.714. The molecule has 3 aromatic rings. The molecule has 0 spiro atoms. The van der Waals surface area contributed by atoms with Crippen LogP contribution in [0.1, 0.15) is 15.9 Å². The van der Waals surface area contributed by atoms with Crippen molar-refractivity contribution in [2.45, 2.75) is 0 Å². The number of ketones is 1. The third-order valence-electron chi connectivity index (χ3n) is 2.59. The lowest BCUT2D eigenvalue weighted by molar-refractivity contribution is 0.103. The molecule has 0 unspecified atom stereocenters. The van der Waals surface area contributed by atoms with E-state index >= 15 is 0 Å². The maximum atomic E-state index is 12.4. The Morgan fingerprint density at radius 3 is 2.58 bits per heavy atom. The average Bonchev–Trinajstić information content (AvgIpc) is 2.84. The van der Waals surface area contributed by atoms with Crippen LogP contribution in [0, 0.1) is 0 Å². The molecule has 2 heterocycles. The second kappa shape index (κ2) is 4.48. The van der Waals surface area contributed by atoms with Gasteiger partial charge in [0.25, 0.3) is 0 Å². The zero-order valence-corrected chi connectivity index (χ0v) is 11.7. The van der Waals surface area contributed by atoms with Gasteiger partial charge in [0.1, 0.15) is 4.83 Å². The second-order valence-corrected chi connectivity index (χ2v) is 6.21. The number of benzene rings is 1. The van der Waals surface area contributed by atoms with E-state index in [9.17, 15) is 14.7 Å². The number of hydrogen-bond acceptors (Lipinski definition) is 5. The number of fused-ring (bicyclic) bond motifs is 1. The number of H-pyrrole nitrogens is 1. The van der Waals surface area contributed by atoms with Crippen LogP contribution in [-0.4, -0.2) is 15.9 Å². The van der Waals surface area contributed by atoms with Crippen molar-refractivity contribution in [2.24, 2.45) is 0 Å². The Bertz CT molecular complexity index is 829. The Balaban J connectivity index is 2.18. The number of nitrogens with one attached hydrogen (secondary N) is 1. The smallest absolute Gasteiger partial charge is 0.306 e. The van der Waals surface area contributed by atoms with Crippen LogP contribution in [0.5, 0.6) is 5.06 Å². The molecule has 0 aliphatic rings. The van der Waals surface area contributed by atoms with Gasteiger partial charge in [-0.15, -0.1) is 0 Å². The fourth-order valence-electron chi connectivity index (χ4n) is 1.74. The summed E-state index contributed by atoms with van der Waals surface area (Å²) in [5, 5.41) is 10.3. The molecule has 0 bridgehead atoms. The van der Waals surface area contributed by atoms with Crippen LogP contribution in [-0.2, 0) is 0 Å². The fraction of sp³-hybridized carbons (Fsp3) is 0. The molecule has 0 aliphatic carbocycles. The maximum Gasteiger partial charge on any atom is 0.306 e. The fourth-order valence-corrected chi connectivity index (χ4v) is 3.85. The van der Waals surface area contributed by atoms with E-state index in [0.717, 1.165) is 22.7 Å². The SMILES string of the molecule is O=C(c1ccc(Cl)cc1)c1c(O)sc2[nH]c(=O)sc12. The molecule has 0 amide bonds. The lowest BCUT2D eigenvalue weighted by atomic mass is 10.1. The summed E-state index contributed by atoms with van der Waals surface area (Å²) in [7, 11) is 0. The number of carbonyl (C=O) groups is 1. The van der Waals surface area contributed by atoms with E-state index in [1.165, 1.54) is 0 Å². The summed E-state index contributed by atoms with van der Waals surface area (Å²) in [6.45, 7) is 0. The molecule has 3 rings (SSSR count). The molecule has 2 aromatic heterocycles. The van der Waals surface area contributed by atoms with Gasteiger partial charge in [-0.2, -0.15) is 0 Å². The predicted molar refractivity (Wildman–Crippen MR) is 76.9 cm³/mol. The number of halogens is 1. The topological polar surface area (TPSA) is 70.2 Å². The normalized spacial score (nSPS) is 11.0. The molecule has 4 nitrogen and oxygen atoms in total. The lowest BCUT2D eigenvalue weighted by Crippen LogP contribution is -1.99. The predicted octanol–water partition coefficient (Wildman–Crippen LogP) is 3.24. The third-order valence-corrected chi connectivity index (χ3v) is 4.78. The Morgan fingerprint density at radius 2 is 1.89 bits per heavy atom. The number of thiazole rings is 1. The van der Waals surface area contributed by atoms with Crippen LogP contribution in [0.4, 0.5) is 0 Å². The van der Waals surface area contributed by atoms with E-state index < -0.39 is 0 Å². The van der Waals surface area contributed by atoms with Gasteiger partial charge in [-0.3, -0.25) is 9.59 Å². The molecule has 96 valence electrons. The minimum Gasteiger partial charge on any atom is -0.499 e. The van der Waals surface area contributed by atoms with Crippen molar-refractivity contribution in [1.29, 1.82) is 0 Å². The van der Waals surface area contributed by atoms with Crippen LogP contribution in [0.3, 0.4) is 0 Å². The number of aromatic amines is 1. The summed E-state index contributed by atoms with van der Waals surface area (Å²) in [5.74, 6) is -0.323. The van der Waals surface area contributed by atoms with Crippen molar-refractivity contribution >= 4 is 49.6 Å². The van der Waals surface area contributed by atoms with Gasteiger partial charge in [0.15, 0.2) is 10.8 Å². The third kappa shape index (κ3) is 2.07. The van der Waals surface area contributed by atoms with E-state index in [4.69, 9.17) is 11.6 Å². The van der Waals surface area contributed by atoms with Crippen LogP contribution in [0.2, 0.25) is 5.02 Å². The van der Waals surface area contributed by atoms with Gasteiger partial charge >= 0.3 is 4.87 Å². The van der Waals surface area contributed by atoms with Crippen LogP contribution in [0.25, 0.3) is 9.53 Å². The highest BCUT2D eigenvalue weighted by Gasteiger charge is 2.22. The van der Waals surface area contributed by atoms with Gasteiger partial charge in [-0.05, 0) is 24.3 Å². The van der Waals surface area contributed by atoms with E-state index in [0.29, 0.717) is 20.1 Å². The van der Waals surface area contributed by atoms with Crippen molar-refractivity contribution in [2.75, 3.05) is 0 Å². The monoisotopic (exact) mass is 311 g/mol. The first-order chi connectivity index (χ1) is 9.06. The Labute approximate surface area is 119 Å². The largest absolute Gasteiger partial charge is 0.499 e. The molecule has 0 radical (unpaired) electrons. The molecule has 0 fully saturated rings. The molecule has 2 N–H and O–H groups in total. The summed E-state index contributed by atoms with van der Waals surface area (Å²) in [6, 6.07) is 6.38. The summed E-state index contributed by atoms with van der Waals surface area (Å²) in [5.41, 5.74) is 0.589. The number of carbonyl (C=O) groups excluding carboxylic acids is 1. The second-order valence-electron chi connectivity index (χ2n) is 3.79. The summed E-state index contributed by atoms with van der Waals surface area (Å²) < 4.78 is 0.493. The molecular formula is C12H6ClNO3S2. The highest BCUT2D eigenvalue weighted by molar-refractivity contribution is 7.27. The standard InChI is InChI=1S/C12H6ClNO3S2/c13-6-3-1-5(2-4-6)8(15)7-9-10(19-11(7)16)14-12(17)18-9/h1-4,16H,(H,14,17). The first kappa shape index (κ1) is 12.4. The minimum absolute atomic E-state index is 0.0857. The zero-order valence-electron chi connectivity index (χ0n) is 9.27. The van der Waals surface area contributed by atoms with Gasteiger partial charge in [-0.1, -0.05) is 34.3 Å². The first-order valence-electron chi connectivity index (χ1n) is 5.21. The number of thiophene rings is 1. The van der Waals surface area contributed by atoms with Gasteiger partial charge in [0.2, 0.25) is 0 Å². The zero-order chi connectivity index (χ0) is 13.6. The van der Waals surface area contributed by atoms with E-state index in [1.54, 1.807) is 24.3 Å². The molecular weight excluding hydrogens is 306 g/mol. The van der Waals surface area contributed by atoms with Crippen molar-refractivity contribution in [3.8, 4) is 5.06 Å². The number of rotatable bonds is 2. The summed E-state index contributed by atoms with van der Waals surface area (Å²) >= 11 is 7.68. The minimum atomic E-state index is -0.323. The molecule has 0 saturated carbocycles. The van der Waals surface area contributed by atoms with Crippen molar-refractivity contribution in [3.05, 3.63) is 50.1 Å². The lowest BCUT2D eigenvalue weighted by Gasteiger charge is -1.99.